The van der Waals surface area contributed by atoms with Gasteiger partial charge in [-0.15, -0.1) is 0 Å². The van der Waals surface area contributed by atoms with Gasteiger partial charge in [0.05, 0.1) is 17.3 Å². The van der Waals surface area contributed by atoms with Gasteiger partial charge in [-0.2, -0.15) is 0 Å². The van der Waals surface area contributed by atoms with Crippen LogP contribution in [0, 0.1) is 0 Å². The number of nitrogens with one attached hydrogen (secondary N) is 2. The maximum absolute atomic E-state index is 8.87. The van der Waals surface area contributed by atoms with Gasteiger partial charge >= 0.3 is 0 Å². The van der Waals surface area contributed by atoms with Crippen molar-refractivity contribution in [2.75, 3.05) is 36.7 Å². The van der Waals surface area contributed by atoms with E-state index in [4.69, 9.17) is 26.2 Å². The number of aromatic nitrogens is 3. The fraction of sp³-hybridized carbons (Fsp3) is 0.217. The lowest BCUT2D eigenvalue weighted by Crippen LogP contribution is -2.26. The molecule has 0 spiro atoms. The monoisotopic (exact) mass is 451 g/mol. The molecule has 0 radical (unpaired) electrons. The van der Waals surface area contributed by atoms with Gasteiger partial charge in [0.25, 0.3) is 0 Å². The van der Waals surface area contributed by atoms with E-state index >= 15 is 0 Å². The van der Waals surface area contributed by atoms with E-state index in [9.17, 15) is 0 Å². The Labute approximate surface area is 189 Å². The van der Waals surface area contributed by atoms with Crippen LogP contribution >= 0.6 is 11.6 Å². The van der Waals surface area contributed by atoms with Crippen LogP contribution in [0.1, 0.15) is 5.69 Å². The molecule has 0 saturated heterocycles. The minimum atomic E-state index is -0.289. The van der Waals surface area contributed by atoms with Crippen molar-refractivity contribution in [1.29, 1.82) is 0 Å². The number of aliphatic hydroxyl groups excluding tert-OH is 1. The topological polar surface area (TPSA) is 95.5 Å². The number of rotatable bonds is 8. The maximum Gasteiger partial charge on any atom is 0.157 e. The first-order chi connectivity index (χ1) is 15.7. The number of ether oxygens (including phenoxy) is 2. The third-order valence-electron chi connectivity index (χ3n) is 5.40. The summed E-state index contributed by atoms with van der Waals surface area (Å²) in [4.78, 5) is 14.2. The van der Waals surface area contributed by atoms with Gasteiger partial charge in [-0.3, -0.25) is 0 Å². The fourth-order valence-corrected chi connectivity index (χ4v) is 4.12. The Kier molecular flexibility index (Phi) is 5.81. The average molecular weight is 452 g/mol. The molecule has 9 heteroatoms. The number of benzene rings is 2. The molecule has 4 aromatic rings. The molecule has 3 N–H and O–H groups in total. The second kappa shape index (κ2) is 9.04. The van der Waals surface area contributed by atoms with Crippen LogP contribution in [0.25, 0.3) is 10.9 Å². The molecule has 8 nitrogen and oxygen atoms in total. The van der Waals surface area contributed by atoms with Gasteiger partial charge in [0.15, 0.2) is 5.82 Å². The van der Waals surface area contributed by atoms with Gasteiger partial charge in [-0.1, -0.05) is 17.7 Å². The molecule has 164 valence electrons. The van der Waals surface area contributed by atoms with Crippen molar-refractivity contribution in [3.8, 4) is 11.5 Å². The predicted molar refractivity (Wildman–Crippen MR) is 124 cm³/mol. The van der Waals surface area contributed by atoms with Gasteiger partial charge in [0.2, 0.25) is 0 Å². The standard InChI is InChI=1S/C23H22ClN5O3/c24-17-12-15(4-5-21(17)32-20-3-1-2-18-16(20)6-8-25-18)28-23-22-19(26-13-27-23)7-9-29(22)10-11-31-14-30/h1-6,8,12-13,25,30H,7,9-11,14H2,(H,26,27,28). The Hall–Kier alpha value is -3.33. The number of halogens is 1. The molecule has 0 amide bonds. The number of nitrogens with zero attached hydrogens (tertiary/aromatic N) is 3. The maximum atomic E-state index is 8.87. The molecule has 0 unspecified atom stereocenters. The summed E-state index contributed by atoms with van der Waals surface area (Å²) in [5.74, 6) is 2.01. The van der Waals surface area contributed by atoms with Crippen LogP contribution in [0.5, 0.6) is 11.5 Å². The molecule has 2 aromatic heterocycles. The summed E-state index contributed by atoms with van der Waals surface area (Å²) >= 11 is 6.54. The van der Waals surface area contributed by atoms with Gasteiger partial charge in [-0.05, 0) is 36.4 Å². The van der Waals surface area contributed by atoms with Crippen molar-refractivity contribution >= 4 is 39.7 Å². The highest BCUT2D eigenvalue weighted by molar-refractivity contribution is 6.32. The number of H-pyrrole nitrogens is 1. The summed E-state index contributed by atoms with van der Waals surface area (Å²) in [5, 5.41) is 13.7. The molecule has 0 fully saturated rings. The lowest BCUT2D eigenvalue weighted by molar-refractivity contribution is 0.00228. The molecule has 3 heterocycles. The second-order valence-corrected chi connectivity index (χ2v) is 7.77. The van der Waals surface area contributed by atoms with Crippen LogP contribution in [0.2, 0.25) is 5.02 Å². The third kappa shape index (κ3) is 4.08. The van der Waals surface area contributed by atoms with E-state index in [-0.39, 0.29) is 6.79 Å². The molecule has 1 aliphatic rings. The van der Waals surface area contributed by atoms with E-state index in [1.165, 1.54) is 0 Å². The average Bonchev–Trinajstić information content (AvgIpc) is 3.44. The third-order valence-corrected chi connectivity index (χ3v) is 5.69. The highest BCUT2D eigenvalue weighted by atomic mass is 35.5. The van der Waals surface area contributed by atoms with Gasteiger partial charge in [0.1, 0.15) is 30.3 Å². The van der Waals surface area contributed by atoms with Gasteiger partial charge < -0.3 is 29.8 Å². The molecule has 32 heavy (non-hydrogen) atoms. The van der Waals surface area contributed by atoms with Crippen LogP contribution in [0.4, 0.5) is 17.2 Å². The van der Waals surface area contributed by atoms with Crippen molar-refractivity contribution < 1.29 is 14.6 Å². The largest absolute Gasteiger partial charge is 0.455 e. The van der Waals surface area contributed by atoms with E-state index < -0.39 is 0 Å². The number of fused-ring (bicyclic) bond motifs is 2. The van der Waals surface area contributed by atoms with Crippen molar-refractivity contribution in [2.45, 2.75) is 6.42 Å². The van der Waals surface area contributed by atoms with Crippen molar-refractivity contribution in [3.63, 3.8) is 0 Å². The Morgan fingerprint density at radius 2 is 2.09 bits per heavy atom. The molecule has 5 rings (SSSR count). The predicted octanol–water partition coefficient (Wildman–Crippen LogP) is 4.48. The Morgan fingerprint density at radius 3 is 2.97 bits per heavy atom. The minimum absolute atomic E-state index is 0.289. The molecule has 0 bridgehead atoms. The summed E-state index contributed by atoms with van der Waals surface area (Å²) < 4.78 is 11.2. The lowest BCUT2D eigenvalue weighted by atomic mass is 10.2. The molecule has 0 aliphatic carbocycles. The van der Waals surface area contributed by atoms with Crippen LogP contribution in [-0.2, 0) is 11.2 Å². The first-order valence-corrected chi connectivity index (χ1v) is 10.7. The van der Waals surface area contributed by atoms with Crippen molar-refractivity contribution in [3.05, 3.63) is 65.7 Å². The number of aromatic amines is 1. The van der Waals surface area contributed by atoms with Crippen LogP contribution in [0.3, 0.4) is 0 Å². The zero-order valence-electron chi connectivity index (χ0n) is 17.2. The van der Waals surface area contributed by atoms with Crippen LogP contribution < -0.4 is 15.0 Å². The van der Waals surface area contributed by atoms with E-state index in [1.807, 2.05) is 48.7 Å². The number of anilines is 3. The highest BCUT2D eigenvalue weighted by Gasteiger charge is 2.24. The molecular formula is C23H22ClN5O3. The normalized spacial score (nSPS) is 12.9. The first kappa shape index (κ1) is 20.6. The minimum Gasteiger partial charge on any atom is -0.455 e. The van der Waals surface area contributed by atoms with E-state index in [0.29, 0.717) is 29.7 Å². The van der Waals surface area contributed by atoms with Crippen LogP contribution in [-0.4, -0.2) is 46.5 Å². The Bertz CT molecular complexity index is 1250. The molecule has 0 saturated carbocycles. The Morgan fingerprint density at radius 1 is 1.16 bits per heavy atom. The quantitative estimate of drug-likeness (QED) is 0.268. The zero-order valence-corrected chi connectivity index (χ0v) is 18.0. The summed E-state index contributed by atoms with van der Waals surface area (Å²) in [6, 6.07) is 13.4. The lowest BCUT2D eigenvalue weighted by Gasteiger charge is -2.21. The van der Waals surface area contributed by atoms with Gasteiger partial charge in [-0.25, -0.2) is 9.97 Å². The SMILES string of the molecule is OCOCCN1CCc2ncnc(Nc3ccc(Oc4cccc5[nH]ccc45)c(Cl)c3)c21. The first-order valence-electron chi connectivity index (χ1n) is 10.3. The van der Waals surface area contributed by atoms with E-state index in [2.05, 4.69) is 25.2 Å². The Balaban J connectivity index is 1.36. The fourth-order valence-electron chi connectivity index (χ4n) is 3.90. The molecular weight excluding hydrogens is 430 g/mol. The summed E-state index contributed by atoms with van der Waals surface area (Å²) in [5.41, 5.74) is 3.73. The second-order valence-electron chi connectivity index (χ2n) is 7.36. The van der Waals surface area contributed by atoms with Crippen LogP contribution in [0.15, 0.2) is 55.0 Å². The molecule has 1 aliphatic heterocycles. The number of hydrogen-bond donors (Lipinski definition) is 3. The van der Waals surface area contributed by atoms with E-state index in [1.54, 1.807) is 6.33 Å². The van der Waals surface area contributed by atoms with Crippen molar-refractivity contribution in [2.24, 2.45) is 0 Å². The van der Waals surface area contributed by atoms with E-state index in [0.717, 1.165) is 46.7 Å². The number of hydrogen-bond acceptors (Lipinski definition) is 7. The summed E-state index contributed by atoms with van der Waals surface area (Å²) in [7, 11) is 0. The zero-order chi connectivity index (χ0) is 21.9. The number of aliphatic hydroxyl groups is 1. The summed E-state index contributed by atoms with van der Waals surface area (Å²) in [6.45, 7) is 1.61. The smallest absolute Gasteiger partial charge is 0.157 e. The van der Waals surface area contributed by atoms with Gasteiger partial charge in [0, 0.05) is 42.3 Å². The molecule has 2 aromatic carbocycles. The van der Waals surface area contributed by atoms with Crippen molar-refractivity contribution in [1.82, 2.24) is 15.0 Å². The molecule has 0 atom stereocenters. The highest BCUT2D eigenvalue weighted by Crippen LogP contribution is 2.37. The summed E-state index contributed by atoms with van der Waals surface area (Å²) in [6.07, 6.45) is 4.28.